The summed E-state index contributed by atoms with van der Waals surface area (Å²) in [7, 11) is 0. The van der Waals surface area contributed by atoms with E-state index in [1.54, 1.807) is 12.1 Å². The van der Waals surface area contributed by atoms with Crippen molar-refractivity contribution in [3.63, 3.8) is 0 Å². The van der Waals surface area contributed by atoms with Crippen LogP contribution in [0.15, 0.2) is 36.0 Å². The minimum Gasteiger partial charge on any atom is -0.371 e. The Hall–Kier alpha value is -2.45. The Morgan fingerprint density at radius 2 is 1.72 bits per heavy atom. The number of thiocarbonyl (C=S) groups is 1. The number of likely N-dealkylation sites (tertiary alicyclic amines) is 1. The highest BCUT2D eigenvalue weighted by Gasteiger charge is 2.44. The van der Waals surface area contributed by atoms with Crippen molar-refractivity contribution in [1.29, 1.82) is 0 Å². The number of rotatable bonds is 11. The Morgan fingerprint density at radius 1 is 1.08 bits per heavy atom. The van der Waals surface area contributed by atoms with E-state index in [2.05, 4.69) is 66.2 Å². The molecule has 2 aliphatic heterocycles. The second-order valence-electron chi connectivity index (χ2n) is 12.5. The van der Waals surface area contributed by atoms with E-state index >= 15 is 0 Å². The molecule has 1 aromatic rings. The third-order valence-corrected chi connectivity index (χ3v) is 8.14. The predicted octanol–water partition coefficient (Wildman–Crippen LogP) is 4.72. The molecule has 0 aromatic heterocycles. The zero-order valence-corrected chi connectivity index (χ0v) is 25.8. The molecule has 216 valence electrons. The third kappa shape index (κ3) is 8.77. The van der Waals surface area contributed by atoms with Crippen molar-refractivity contribution in [3.8, 4) is 0 Å². The highest BCUT2D eigenvalue weighted by molar-refractivity contribution is 7.80. The average molecular weight is 556 g/mol. The second-order valence-corrected chi connectivity index (χ2v) is 12.9. The molecule has 3 rings (SSSR count). The summed E-state index contributed by atoms with van der Waals surface area (Å²) >= 11 is 5.49. The highest BCUT2D eigenvalue weighted by Crippen LogP contribution is 2.38. The molecule has 1 unspecified atom stereocenters. The van der Waals surface area contributed by atoms with Gasteiger partial charge in [0, 0.05) is 54.5 Å². The summed E-state index contributed by atoms with van der Waals surface area (Å²) in [5, 5.41) is 6.32. The number of carbonyl (C=O) groups excluding carboxylic acids is 2. The van der Waals surface area contributed by atoms with Crippen molar-refractivity contribution in [1.82, 2.24) is 25.3 Å². The first-order valence-electron chi connectivity index (χ1n) is 14.6. The Kier molecular flexibility index (Phi) is 11.0. The Labute approximate surface area is 241 Å². The standard InChI is InChI=1S/C31H49N5O2S/c1-7-8-19-35(20-11-18-34-16-9-10-17-34)28(38)26-21-36(30(3,4)5)23-31(26,6)22-32-29(39)33-27(37)25-14-12-24(2)13-15-25/h12-15,21H,7-11,16-20,22-23H2,1-6H3,(H2,32,33,37,39). The lowest BCUT2D eigenvalue weighted by molar-refractivity contribution is -0.128. The largest absolute Gasteiger partial charge is 0.371 e. The number of unbranched alkanes of at least 4 members (excludes halogenated alkanes) is 1. The predicted molar refractivity (Wildman–Crippen MR) is 164 cm³/mol. The van der Waals surface area contributed by atoms with Crippen LogP contribution in [-0.4, -0.2) is 83.0 Å². The minimum atomic E-state index is -0.456. The van der Waals surface area contributed by atoms with Gasteiger partial charge in [0.05, 0.1) is 0 Å². The van der Waals surface area contributed by atoms with Gasteiger partial charge in [0.2, 0.25) is 0 Å². The molecule has 0 radical (unpaired) electrons. The molecule has 7 nitrogen and oxygen atoms in total. The maximum absolute atomic E-state index is 14.1. The van der Waals surface area contributed by atoms with Crippen LogP contribution in [0.4, 0.5) is 0 Å². The Morgan fingerprint density at radius 3 is 2.33 bits per heavy atom. The van der Waals surface area contributed by atoms with Crippen LogP contribution < -0.4 is 10.6 Å². The Bertz CT molecular complexity index is 1030. The van der Waals surface area contributed by atoms with Crippen LogP contribution in [0.2, 0.25) is 0 Å². The number of nitrogens with one attached hydrogen (secondary N) is 2. The molecule has 0 saturated carbocycles. The molecule has 1 aromatic carbocycles. The molecule has 1 saturated heterocycles. The van der Waals surface area contributed by atoms with Gasteiger partial charge in [-0.25, -0.2) is 0 Å². The van der Waals surface area contributed by atoms with E-state index in [9.17, 15) is 9.59 Å². The number of benzene rings is 1. The van der Waals surface area contributed by atoms with Crippen LogP contribution in [0.25, 0.3) is 0 Å². The summed E-state index contributed by atoms with van der Waals surface area (Å²) < 4.78 is 0. The lowest BCUT2D eigenvalue weighted by Crippen LogP contribution is -2.49. The van der Waals surface area contributed by atoms with Crippen molar-refractivity contribution >= 4 is 29.1 Å². The first kappa shape index (κ1) is 31.1. The van der Waals surface area contributed by atoms with E-state index in [0.717, 1.165) is 50.0 Å². The maximum Gasteiger partial charge on any atom is 0.257 e. The molecule has 8 heteroatoms. The summed E-state index contributed by atoms with van der Waals surface area (Å²) in [6, 6.07) is 7.40. The van der Waals surface area contributed by atoms with Gasteiger partial charge < -0.3 is 20.0 Å². The monoisotopic (exact) mass is 555 g/mol. The molecular formula is C31H49N5O2S. The van der Waals surface area contributed by atoms with Crippen molar-refractivity contribution < 1.29 is 9.59 Å². The third-order valence-electron chi connectivity index (χ3n) is 7.90. The molecular weight excluding hydrogens is 506 g/mol. The van der Waals surface area contributed by atoms with E-state index in [1.165, 1.54) is 25.9 Å². The summed E-state index contributed by atoms with van der Waals surface area (Å²) in [4.78, 5) is 33.6. The van der Waals surface area contributed by atoms with Crippen molar-refractivity contribution in [3.05, 3.63) is 47.2 Å². The van der Waals surface area contributed by atoms with E-state index in [-0.39, 0.29) is 22.5 Å². The lowest BCUT2D eigenvalue weighted by Gasteiger charge is -2.36. The van der Waals surface area contributed by atoms with Gasteiger partial charge >= 0.3 is 0 Å². The molecule has 2 heterocycles. The van der Waals surface area contributed by atoms with Crippen LogP contribution in [0, 0.1) is 12.3 Å². The molecule has 2 amide bonds. The number of hydrogen-bond acceptors (Lipinski definition) is 5. The normalized spacial score (nSPS) is 19.6. The van der Waals surface area contributed by atoms with E-state index in [1.807, 2.05) is 19.1 Å². The van der Waals surface area contributed by atoms with Gasteiger partial charge in [-0.3, -0.25) is 14.9 Å². The topological polar surface area (TPSA) is 67.9 Å². The zero-order valence-electron chi connectivity index (χ0n) is 24.9. The van der Waals surface area contributed by atoms with E-state index in [4.69, 9.17) is 12.2 Å². The van der Waals surface area contributed by atoms with Gasteiger partial charge in [0.25, 0.3) is 11.8 Å². The molecule has 1 fully saturated rings. The van der Waals surface area contributed by atoms with Crippen LogP contribution in [0.5, 0.6) is 0 Å². The van der Waals surface area contributed by atoms with E-state index < -0.39 is 5.41 Å². The van der Waals surface area contributed by atoms with Crippen LogP contribution in [0.3, 0.4) is 0 Å². The fourth-order valence-electron chi connectivity index (χ4n) is 5.24. The Balaban J connectivity index is 1.69. The average Bonchev–Trinajstić information content (AvgIpc) is 3.53. The molecule has 39 heavy (non-hydrogen) atoms. The lowest BCUT2D eigenvalue weighted by atomic mass is 9.83. The molecule has 2 N–H and O–H groups in total. The molecule has 0 bridgehead atoms. The maximum atomic E-state index is 14.1. The second kappa shape index (κ2) is 13.8. The van der Waals surface area contributed by atoms with Crippen LogP contribution >= 0.6 is 12.2 Å². The zero-order chi connectivity index (χ0) is 28.6. The van der Waals surface area contributed by atoms with Crippen LogP contribution in [-0.2, 0) is 4.79 Å². The van der Waals surface area contributed by atoms with Gasteiger partial charge in [-0.15, -0.1) is 0 Å². The molecule has 0 spiro atoms. The van der Waals surface area contributed by atoms with Gasteiger partial charge in [0.15, 0.2) is 5.11 Å². The fourth-order valence-corrected chi connectivity index (χ4v) is 5.40. The summed E-state index contributed by atoms with van der Waals surface area (Å²) in [6.07, 6.45) is 7.68. The fraction of sp³-hybridized carbons (Fsp3) is 0.645. The molecule has 2 aliphatic rings. The van der Waals surface area contributed by atoms with E-state index in [0.29, 0.717) is 18.7 Å². The smallest absolute Gasteiger partial charge is 0.257 e. The number of amides is 2. The summed E-state index contributed by atoms with van der Waals surface area (Å²) in [5.74, 6) is -0.119. The van der Waals surface area contributed by atoms with Crippen molar-refractivity contribution in [2.45, 2.75) is 79.2 Å². The van der Waals surface area contributed by atoms with Gasteiger partial charge in [0.1, 0.15) is 0 Å². The van der Waals surface area contributed by atoms with Crippen molar-refractivity contribution in [2.24, 2.45) is 5.41 Å². The van der Waals surface area contributed by atoms with Gasteiger partial charge in [-0.1, -0.05) is 38.0 Å². The number of carbonyl (C=O) groups is 2. The first-order valence-corrected chi connectivity index (χ1v) is 15.0. The van der Waals surface area contributed by atoms with Crippen LogP contribution in [0.1, 0.15) is 82.6 Å². The number of hydrogen-bond donors (Lipinski definition) is 2. The first-order chi connectivity index (χ1) is 18.4. The highest BCUT2D eigenvalue weighted by atomic mass is 32.1. The SMILES string of the molecule is CCCCN(CCCN1CCCC1)C(=O)C1=CN(C(C)(C)C)CC1(C)CNC(=S)NC(=O)c1ccc(C)cc1. The summed E-state index contributed by atoms with van der Waals surface area (Å²) in [6.45, 7) is 18.9. The molecule has 1 atom stereocenters. The number of aryl methyl sites for hydroxylation is 1. The van der Waals surface area contributed by atoms with Gasteiger partial charge in [-0.05, 0) is 97.4 Å². The number of nitrogens with zero attached hydrogens (tertiary/aromatic N) is 3. The van der Waals surface area contributed by atoms with Crippen molar-refractivity contribution in [2.75, 3.05) is 45.8 Å². The summed E-state index contributed by atoms with van der Waals surface area (Å²) in [5.41, 5.74) is 1.90. The molecule has 0 aliphatic carbocycles. The minimum absolute atomic E-state index is 0.118. The van der Waals surface area contributed by atoms with Gasteiger partial charge in [-0.2, -0.15) is 0 Å². The quantitative estimate of drug-likeness (QED) is 0.385.